The molecule has 0 spiro atoms. The van der Waals surface area contributed by atoms with Crippen molar-refractivity contribution >= 4 is 33.0 Å². The van der Waals surface area contributed by atoms with E-state index in [0.29, 0.717) is 18.7 Å². The third kappa shape index (κ3) is 5.46. The standard InChI is InChI=1S/C16H20N2O3S2/c1-2-3-10-17-23(20,21)15-8-6-13(7-9-15)18-16(19)12-14-5-4-11-22-14/h4-9,11,17H,2-3,10,12H2,1H3,(H,18,19). The monoisotopic (exact) mass is 352 g/mol. The van der Waals surface area contributed by atoms with Gasteiger partial charge in [-0.3, -0.25) is 4.79 Å². The summed E-state index contributed by atoms with van der Waals surface area (Å²) in [6.07, 6.45) is 2.05. The molecule has 7 heteroatoms. The summed E-state index contributed by atoms with van der Waals surface area (Å²) in [5.74, 6) is -0.121. The van der Waals surface area contributed by atoms with Crippen molar-refractivity contribution in [2.45, 2.75) is 31.1 Å². The Kier molecular flexibility index (Phi) is 6.32. The highest BCUT2D eigenvalue weighted by Crippen LogP contribution is 2.15. The molecule has 2 N–H and O–H groups in total. The maximum atomic E-state index is 12.1. The van der Waals surface area contributed by atoms with Crippen LogP contribution >= 0.6 is 11.3 Å². The Bertz CT molecular complexity index is 723. The van der Waals surface area contributed by atoms with Gasteiger partial charge in [-0.25, -0.2) is 13.1 Å². The van der Waals surface area contributed by atoms with Gasteiger partial charge in [0.1, 0.15) is 0 Å². The number of carbonyl (C=O) groups excluding carboxylic acids is 1. The fraction of sp³-hybridized carbons (Fsp3) is 0.312. The number of unbranched alkanes of at least 4 members (excludes halogenated alkanes) is 1. The van der Waals surface area contributed by atoms with E-state index in [1.54, 1.807) is 12.1 Å². The predicted octanol–water partition coefficient (Wildman–Crippen LogP) is 3.01. The number of rotatable bonds is 8. The second kappa shape index (κ2) is 8.24. The van der Waals surface area contributed by atoms with Crippen molar-refractivity contribution in [1.29, 1.82) is 0 Å². The molecule has 124 valence electrons. The predicted molar refractivity (Wildman–Crippen MR) is 93.2 cm³/mol. The van der Waals surface area contributed by atoms with Crippen LogP contribution in [0.4, 0.5) is 5.69 Å². The summed E-state index contributed by atoms with van der Waals surface area (Å²) in [5, 5.41) is 4.69. The first-order valence-electron chi connectivity index (χ1n) is 7.43. The van der Waals surface area contributed by atoms with Crippen molar-refractivity contribution in [2.75, 3.05) is 11.9 Å². The van der Waals surface area contributed by atoms with E-state index in [4.69, 9.17) is 0 Å². The van der Waals surface area contributed by atoms with Crippen molar-refractivity contribution in [1.82, 2.24) is 4.72 Å². The van der Waals surface area contributed by atoms with Gasteiger partial charge in [0, 0.05) is 17.1 Å². The zero-order valence-corrected chi connectivity index (χ0v) is 14.5. The van der Waals surface area contributed by atoms with Gasteiger partial charge in [0.15, 0.2) is 0 Å². The number of carbonyl (C=O) groups is 1. The van der Waals surface area contributed by atoms with Gasteiger partial charge in [-0.1, -0.05) is 19.4 Å². The largest absolute Gasteiger partial charge is 0.326 e. The lowest BCUT2D eigenvalue weighted by atomic mass is 10.3. The maximum Gasteiger partial charge on any atom is 0.240 e. The van der Waals surface area contributed by atoms with Gasteiger partial charge in [-0.15, -0.1) is 11.3 Å². The summed E-state index contributed by atoms with van der Waals surface area (Å²) in [6.45, 7) is 2.43. The lowest BCUT2D eigenvalue weighted by Crippen LogP contribution is -2.24. The van der Waals surface area contributed by atoms with Crippen LogP contribution < -0.4 is 10.0 Å². The lowest BCUT2D eigenvalue weighted by Gasteiger charge is -2.08. The minimum atomic E-state index is -3.48. The average Bonchev–Trinajstić information content (AvgIpc) is 3.00. The minimum Gasteiger partial charge on any atom is -0.326 e. The Morgan fingerprint density at radius 1 is 1.17 bits per heavy atom. The van der Waals surface area contributed by atoms with E-state index in [1.165, 1.54) is 23.5 Å². The number of nitrogens with one attached hydrogen (secondary N) is 2. The number of anilines is 1. The molecule has 0 saturated carbocycles. The van der Waals surface area contributed by atoms with Crippen LogP contribution in [0.25, 0.3) is 0 Å². The summed E-state index contributed by atoms with van der Waals surface area (Å²) in [7, 11) is -3.48. The lowest BCUT2D eigenvalue weighted by molar-refractivity contribution is -0.115. The van der Waals surface area contributed by atoms with Crippen LogP contribution in [0, 0.1) is 0 Å². The molecule has 0 aliphatic carbocycles. The fourth-order valence-corrected chi connectivity index (χ4v) is 3.74. The molecule has 0 radical (unpaired) electrons. The summed E-state index contributed by atoms with van der Waals surface area (Å²) in [4.78, 5) is 13.1. The summed E-state index contributed by atoms with van der Waals surface area (Å²) in [5.41, 5.74) is 0.582. The molecule has 1 aromatic carbocycles. The van der Waals surface area contributed by atoms with Gasteiger partial charge in [0.05, 0.1) is 11.3 Å². The number of benzene rings is 1. The second-order valence-corrected chi connectivity index (χ2v) is 7.88. The van der Waals surface area contributed by atoms with Crippen molar-refractivity contribution in [3.8, 4) is 0 Å². The third-order valence-corrected chi connectivity index (χ3v) is 5.54. The third-order valence-electron chi connectivity index (χ3n) is 3.19. The molecule has 0 unspecified atom stereocenters. The highest BCUT2D eigenvalue weighted by atomic mass is 32.2. The van der Waals surface area contributed by atoms with E-state index in [-0.39, 0.29) is 10.8 Å². The first-order valence-corrected chi connectivity index (χ1v) is 9.79. The number of hydrogen-bond donors (Lipinski definition) is 2. The molecule has 23 heavy (non-hydrogen) atoms. The number of amides is 1. The van der Waals surface area contributed by atoms with Crippen LogP contribution in [-0.2, 0) is 21.2 Å². The number of hydrogen-bond acceptors (Lipinski definition) is 4. The van der Waals surface area contributed by atoms with Crippen LogP contribution in [0.2, 0.25) is 0 Å². The highest BCUT2D eigenvalue weighted by molar-refractivity contribution is 7.89. The van der Waals surface area contributed by atoms with Crippen LogP contribution in [0.1, 0.15) is 24.6 Å². The van der Waals surface area contributed by atoms with E-state index >= 15 is 0 Å². The number of thiophene rings is 1. The molecule has 0 aliphatic rings. The Morgan fingerprint density at radius 2 is 1.91 bits per heavy atom. The van der Waals surface area contributed by atoms with Gasteiger partial charge in [-0.05, 0) is 42.1 Å². The average molecular weight is 352 g/mol. The molecule has 1 amide bonds. The quantitative estimate of drug-likeness (QED) is 0.717. The molecule has 0 saturated heterocycles. The van der Waals surface area contributed by atoms with Crippen molar-refractivity contribution in [3.63, 3.8) is 0 Å². The molecule has 0 aliphatic heterocycles. The minimum absolute atomic E-state index is 0.121. The zero-order chi connectivity index (χ0) is 16.7. The zero-order valence-electron chi connectivity index (χ0n) is 12.9. The fourth-order valence-electron chi connectivity index (χ4n) is 1.96. The van der Waals surface area contributed by atoms with Crippen LogP contribution in [0.15, 0.2) is 46.7 Å². The maximum absolute atomic E-state index is 12.1. The Hall–Kier alpha value is -1.70. The van der Waals surface area contributed by atoms with Crippen molar-refractivity contribution in [2.24, 2.45) is 0 Å². The smallest absolute Gasteiger partial charge is 0.240 e. The molecule has 2 rings (SSSR count). The topological polar surface area (TPSA) is 75.3 Å². The van der Waals surface area contributed by atoms with Gasteiger partial charge in [-0.2, -0.15) is 0 Å². The van der Waals surface area contributed by atoms with Crippen molar-refractivity contribution < 1.29 is 13.2 Å². The molecular formula is C16H20N2O3S2. The SMILES string of the molecule is CCCCNS(=O)(=O)c1ccc(NC(=O)Cc2cccs2)cc1. The summed E-state index contributed by atoms with van der Waals surface area (Å²) < 4.78 is 26.7. The summed E-state index contributed by atoms with van der Waals surface area (Å²) >= 11 is 1.53. The van der Waals surface area contributed by atoms with Crippen LogP contribution in [0.3, 0.4) is 0 Å². The Morgan fingerprint density at radius 3 is 2.52 bits per heavy atom. The molecule has 0 fully saturated rings. The highest BCUT2D eigenvalue weighted by Gasteiger charge is 2.13. The Balaban J connectivity index is 1.95. The van der Waals surface area contributed by atoms with E-state index in [0.717, 1.165) is 17.7 Å². The van der Waals surface area contributed by atoms with Crippen LogP contribution in [-0.4, -0.2) is 20.9 Å². The molecule has 1 aromatic heterocycles. The summed E-state index contributed by atoms with van der Waals surface area (Å²) in [6, 6.07) is 9.99. The van der Waals surface area contributed by atoms with E-state index in [2.05, 4.69) is 10.0 Å². The Labute approximate surface area is 140 Å². The van der Waals surface area contributed by atoms with E-state index in [9.17, 15) is 13.2 Å². The second-order valence-electron chi connectivity index (χ2n) is 5.08. The molecule has 0 atom stereocenters. The molecule has 1 heterocycles. The molecular weight excluding hydrogens is 332 g/mol. The van der Waals surface area contributed by atoms with E-state index < -0.39 is 10.0 Å². The number of sulfonamides is 1. The van der Waals surface area contributed by atoms with E-state index in [1.807, 2.05) is 24.4 Å². The first-order chi connectivity index (χ1) is 11.0. The molecule has 0 bridgehead atoms. The van der Waals surface area contributed by atoms with Gasteiger partial charge in [0.2, 0.25) is 15.9 Å². The van der Waals surface area contributed by atoms with Gasteiger partial charge >= 0.3 is 0 Å². The van der Waals surface area contributed by atoms with Gasteiger partial charge in [0.25, 0.3) is 0 Å². The first kappa shape index (κ1) is 17.7. The molecule has 2 aromatic rings. The normalized spacial score (nSPS) is 11.3. The van der Waals surface area contributed by atoms with Crippen LogP contribution in [0.5, 0.6) is 0 Å². The molecule has 5 nitrogen and oxygen atoms in total. The van der Waals surface area contributed by atoms with Crippen molar-refractivity contribution in [3.05, 3.63) is 46.7 Å². The van der Waals surface area contributed by atoms with Gasteiger partial charge < -0.3 is 5.32 Å².